The Morgan fingerprint density at radius 1 is 1.42 bits per heavy atom. The predicted molar refractivity (Wildman–Crippen MR) is 125 cm³/mol. The fourth-order valence-corrected chi connectivity index (χ4v) is 4.83. The van der Waals surface area contributed by atoms with E-state index in [0.717, 1.165) is 35.9 Å². The first-order valence-corrected chi connectivity index (χ1v) is 11.3. The number of amides is 1. The molecule has 0 bridgehead atoms. The lowest BCUT2D eigenvalue weighted by atomic mass is 9.87. The molecule has 0 radical (unpaired) electrons. The second-order valence-electron chi connectivity index (χ2n) is 8.39. The van der Waals surface area contributed by atoms with Crippen molar-refractivity contribution in [1.82, 2.24) is 25.1 Å². The summed E-state index contributed by atoms with van der Waals surface area (Å²) < 4.78 is 2.37. The van der Waals surface area contributed by atoms with Crippen LogP contribution in [0.1, 0.15) is 44.7 Å². The second kappa shape index (κ2) is 8.37. The van der Waals surface area contributed by atoms with Crippen molar-refractivity contribution in [3.8, 4) is 5.69 Å². The van der Waals surface area contributed by atoms with Crippen LogP contribution >= 0.6 is 27.5 Å². The first-order valence-electron chi connectivity index (χ1n) is 10.2. The molecule has 1 aromatic carbocycles. The summed E-state index contributed by atoms with van der Waals surface area (Å²) in [5.74, 6) is 0.572. The summed E-state index contributed by atoms with van der Waals surface area (Å²) in [5, 5.41) is 12.1. The number of hydrogen-bond acceptors (Lipinski definition) is 6. The third kappa shape index (κ3) is 4.26. The van der Waals surface area contributed by atoms with Crippen LogP contribution in [-0.2, 0) is 4.79 Å². The van der Waals surface area contributed by atoms with Gasteiger partial charge in [-0.05, 0) is 65.9 Å². The molecule has 10 heteroatoms. The van der Waals surface area contributed by atoms with Gasteiger partial charge in [-0.25, -0.2) is 9.67 Å². The molecule has 31 heavy (non-hydrogen) atoms. The Balaban J connectivity index is 1.67. The van der Waals surface area contributed by atoms with E-state index in [9.17, 15) is 4.79 Å². The molecule has 0 spiro atoms. The van der Waals surface area contributed by atoms with Crippen molar-refractivity contribution in [2.45, 2.75) is 45.2 Å². The largest absolute Gasteiger partial charge is 0.359 e. The maximum atomic E-state index is 12.2. The van der Waals surface area contributed by atoms with Crippen LogP contribution in [0.5, 0.6) is 0 Å². The summed E-state index contributed by atoms with van der Waals surface area (Å²) in [7, 11) is 1.68. The average molecular weight is 507 g/mol. The molecular weight excluding hydrogens is 482 g/mol. The zero-order valence-electron chi connectivity index (χ0n) is 17.6. The summed E-state index contributed by atoms with van der Waals surface area (Å²) in [6, 6.07) is 5.59. The number of fused-ring (bicyclic) bond motifs is 1. The monoisotopic (exact) mass is 505 g/mol. The molecule has 1 fully saturated rings. The quantitative estimate of drug-likeness (QED) is 0.483. The Kier molecular flexibility index (Phi) is 5.93. The topological polar surface area (TPSA) is 111 Å². The molecule has 4 N–H and O–H groups in total. The van der Waals surface area contributed by atoms with Crippen LogP contribution in [0.2, 0.25) is 5.02 Å². The van der Waals surface area contributed by atoms with E-state index in [2.05, 4.69) is 36.6 Å². The van der Waals surface area contributed by atoms with Crippen LogP contribution in [0.4, 0.5) is 5.95 Å². The minimum Gasteiger partial charge on any atom is -0.359 e. The van der Waals surface area contributed by atoms with Crippen LogP contribution < -0.4 is 16.4 Å². The van der Waals surface area contributed by atoms with Crippen molar-refractivity contribution in [2.24, 2.45) is 11.1 Å². The summed E-state index contributed by atoms with van der Waals surface area (Å²) in [6.45, 7) is 3.91. The van der Waals surface area contributed by atoms with Gasteiger partial charge in [-0.1, -0.05) is 18.5 Å². The smallest absolute Gasteiger partial charge is 0.225 e. The molecule has 0 unspecified atom stereocenters. The van der Waals surface area contributed by atoms with Gasteiger partial charge >= 0.3 is 0 Å². The number of nitrogens with two attached hydrogens (primary N) is 1. The summed E-state index contributed by atoms with van der Waals surface area (Å²) in [5.41, 5.74) is 8.01. The Morgan fingerprint density at radius 2 is 2.19 bits per heavy atom. The highest BCUT2D eigenvalue weighted by Gasteiger charge is 2.40. The van der Waals surface area contributed by atoms with E-state index >= 15 is 0 Å². The molecule has 2 aromatic heterocycles. The third-order valence-electron chi connectivity index (χ3n) is 5.90. The Morgan fingerprint density at radius 3 is 2.90 bits per heavy atom. The van der Waals surface area contributed by atoms with Gasteiger partial charge in [-0.15, -0.1) is 0 Å². The zero-order valence-corrected chi connectivity index (χ0v) is 20.0. The fraction of sp³-hybridized carbons (Fsp3) is 0.429. The molecule has 3 aromatic rings. The number of nitrogens with zero attached hydrogens (tertiary/aromatic N) is 4. The SMILES string of the molecule is CNC(=O)[C@]1(C)CC[C@@H](Nc2ncc3c(Br)nn(-c4cc(Cl)cc([C@H](C)N)c4)c3n2)C1. The molecule has 8 nitrogen and oxygen atoms in total. The lowest BCUT2D eigenvalue weighted by Crippen LogP contribution is -2.35. The number of halogens is 2. The van der Waals surface area contributed by atoms with Gasteiger partial charge < -0.3 is 16.4 Å². The van der Waals surface area contributed by atoms with Gasteiger partial charge in [0.15, 0.2) is 5.65 Å². The number of rotatable bonds is 5. The van der Waals surface area contributed by atoms with Crippen molar-refractivity contribution < 1.29 is 4.79 Å². The average Bonchev–Trinajstić information content (AvgIpc) is 3.27. The summed E-state index contributed by atoms with van der Waals surface area (Å²) in [6.07, 6.45) is 4.16. The summed E-state index contributed by atoms with van der Waals surface area (Å²) >= 11 is 9.82. The minimum atomic E-state index is -0.378. The fourth-order valence-electron chi connectivity index (χ4n) is 4.15. The van der Waals surface area contributed by atoms with Crippen LogP contribution in [0.25, 0.3) is 16.7 Å². The van der Waals surface area contributed by atoms with E-state index in [1.165, 1.54) is 0 Å². The van der Waals surface area contributed by atoms with Crippen molar-refractivity contribution in [3.05, 3.63) is 39.6 Å². The van der Waals surface area contributed by atoms with E-state index in [-0.39, 0.29) is 23.4 Å². The highest BCUT2D eigenvalue weighted by molar-refractivity contribution is 9.10. The summed E-state index contributed by atoms with van der Waals surface area (Å²) in [4.78, 5) is 21.4. The molecule has 2 heterocycles. The van der Waals surface area contributed by atoms with Gasteiger partial charge in [0.25, 0.3) is 0 Å². The molecule has 1 aliphatic carbocycles. The maximum Gasteiger partial charge on any atom is 0.225 e. The van der Waals surface area contributed by atoms with Crippen molar-refractivity contribution >= 4 is 50.4 Å². The second-order valence-corrected chi connectivity index (χ2v) is 9.58. The zero-order chi connectivity index (χ0) is 22.3. The number of carbonyl (C=O) groups is 1. The van der Waals surface area contributed by atoms with E-state index in [1.807, 2.05) is 32.0 Å². The van der Waals surface area contributed by atoms with Gasteiger partial charge in [0.05, 0.1) is 11.1 Å². The molecule has 3 atom stereocenters. The normalized spacial score (nSPS) is 21.9. The van der Waals surface area contributed by atoms with E-state index in [0.29, 0.717) is 21.2 Å². The molecule has 0 saturated heterocycles. The highest BCUT2D eigenvalue weighted by atomic mass is 79.9. The van der Waals surface area contributed by atoms with Crippen molar-refractivity contribution in [1.29, 1.82) is 0 Å². The molecule has 0 aliphatic heterocycles. The van der Waals surface area contributed by atoms with Gasteiger partial charge in [0.1, 0.15) is 4.60 Å². The highest BCUT2D eigenvalue weighted by Crippen LogP contribution is 2.39. The van der Waals surface area contributed by atoms with Crippen LogP contribution in [0, 0.1) is 5.41 Å². The number of hydrogen-bond donors (Lipinski definition) is 3. The molecule has 1 aliphatic rings. The predicted octanol–water partition coefficient (Wildman–Crippen LogP) is 3.97. The number of aromatic nitrogens is 4. The molecular formula is C21H25BrClN7O. The van der Waals surface area contributed by atoms with E-state index in [1.54, 1.807) is 17.9 Å². The number of anilines is 1. The molecule has 164 valence electrons. The Hall–Kier alpha value is -2.23. The lowest BCUT2D eigenvalue weighted by molar-refractivity contribution is -0.129. The Bertz CT molecular complexity index is 1150. The first kappa shape index (κ1) is 22.0. The lowest BCUT2D eigenvalue weighted by Gasteiger charge is -2.22. The van der Waals surface area contributed by atoms with Crippen molar-refractivity contribution in [2.75, 3.05) is 12.4 Å². The van der Waals surface area contributed by atoms with Crippen LogP contribution in [0.15, 0.2) is 29.0 Å². The Labute approximate surface area is 194 Å². The van der Waals surface area contributed by atoms with Gasteiger partial charge in [0, 0.05) is 35.8 Å². The number of nitrogens with one attached hydrogen (secondary N) is 2. The van der Waals surface area contributed by atoms with Gasteiger partial charge in [0.2, 0.25) is 11.9 Å². The molecule has 1 saturated carbocycles. The minimum absolute atomic E-state index is 0.0704. The maximum absolute atomic E-state index is 12.2. The number of benzene rings is 1. The number of carbonyl (C=O) groups excluding carboxylic acids is 1. The van der Waals surface area contributed by atoms with Gasteiger partial charge in [-0.3, -0.25) is 4.79 Å². The van der Waals surface area contributed by atoms with E-state index in [4.69, 9.17) is 22.3 Å². The standard InChI is InChI=1S/C21H25BrClN7O/c1-11(24)12-6-13(23)8-15(7-12)30-18-16(17(22)29-30)10-26-20(28-18)27-14-4-5-21(2,9-14)19(31)25-3/h6-8,10-11,14H,4-5,9,24H2,1-3H3,(H,25,31)(H,26,27,28)/t11-,14+,21+/m0/s1. The van der Waals surface area contributed by atoms with Crippen LogP contribution in [-0.4, -0.2) is 38.7 Å². The van der Waals surface area contributed by atoms with Crippen LogP contribution in [0.3, 0.4) is 0 Å². The first-order chi connectivity index (χ1) is 14.7. The molecule has 1 amide bonds. The van der Waals surface area contributed by atoms with E-state index < -0.39 is 0 Å². The van der Waals surface area contributed by atoms with Crippen molar-refractivity contribution in [3.63, 3.8) is 0 Å². The van der Waals surface area contributed by atoms with Gasteiger partial charge in [-0.2, -0.15) is 10.1 Å². The molecule has 4 rings (SSSR count). The third-order valence-corrected chi connectivity index (χ3v) is 6.71.